The zero-order valence-electron chi connectivity index (χ0n) is 15.5. The Bertz CT molecular complexity index is 966. The van der Waals surface area contributed by atoms with Crippen LogP contribution in [0.5, 0.6) is 5.75 Å². The van der Waals surface area contributed by atoms with Crippen molar-refractivity contribution in [3.63, 3.8) is 0 Å². The number of amides is 1. The fourth-order valence-corrected chi connectivity index (χ4v) is 2.37. The van der Waals surface area contributed by atoms with Crippen molar-refractivity contribution >= 4 is 17.3 Å². The van der Waals surface area contributed by atoms with Crippen molar-refractivity contribution in [1.29, 1.82) is 0 Å². The average molecular weight is 416 g/mol. The number of nitro groups is 1. The molecule has 0 bridgehead atoms. The van der Waals surface area contributed by atoms with E-state index < -0.39 is 57.6 Å². The summed E-state index contributed by atoms with van der Waals surface area (Å²) in [5, 5.41) is 23.4. The van der Waals surface area contributed by atoms with Crippen LogP contribution in [0.2, 0.25) is 0 Å². The van der Waals surface area contributed by atoms with Gasteiger partial charge in [0.1, 0.15) is 6.61 Å². The number of hydrogen-bond donors (Lipinski definition) is 2. The quantitative estimate of drug-likeness (QED) is 0.247. The number of aryl methyl sites for hydroxylation is 1. The molecule has 0 fully saturated rings. The molecule has 0 spiro atoms. The smallest absolute Gasteiger partial charge is 0.272 e. The van der Waals surface area contributed by atoms with Crippen LogP contribution < -0.4 is 10.1 Å². The fraction of sp³-hybridized carbons (Fsp3) is 0.278. The lowest BCUT2D eigenvalue weighted by atomic mass is 10.1. The molecule has 0 unspecified atom stereocenters. The Kier molecular flexibility index (Phi) is 6.12. The lowest BCUT2D eigenvalue weighted by Crippen LogP contribution is -2.45. The van der Waals surface area contributed by atoms with E-state index in [4.69, 9.17) is 4.74 Å². The number of nitro benzene ring substituents is 1. The van der Waals surface area contributed by atoms with E-state index in [0.29, 0.717) is 0 Å². The number of hydrogen-bond acceptors (Lipinski definition) is 5. The van der Waals surface area contributed by atoms with Gasteiger partial charge < -0.3 is 15.2 Å². The molecule has 0 saturated carbocycles. The van der Waals surface area contributed by atoms with E-state index in [1.165, 1.54) is 19.1 Å². The molecule has 7 nitrogen and oxygen atoms in total. The molecule has 2 aromatic carbocycles. The second kappa shape index (κ2) is 8.03. The molecular formula is C18H16F4N2O5. The van der Waals surface area contributed by atoms with E-state index in [2.05, 4.69) is 5.32 Å². The van der Waals surface area contributed by atoms with Gasteiger partial charge in [-0.3, -0.25) is 14.9 Å². The monoisotopic (exact) mass is 416 g/mol. The number of carbonyl (C=O) groups is 1. The normalized spacial score (nSPS) is 13.0. The van der Waals surface area contributed by atoms with E-state index in [0.717, 1.165) is 19.9 Å². The third kappa shape index (κ3) is 4.45. The Morgan fingerprint density at radius 3 is 2.31 bits per heavy atom. The van der Waals surface area contributed by atoms with Gasteiger partial charge in [-0.15, -0.1) is 0 Å². The second-order valence-electron chi connectivity index (χ2n) is 6.49. The molecule has 1 amide bonds. The van der Waals surface area contributed by atoms with Crippen LogP contribution in [-0.4, -0.2) is 28.1 Å². The minimum Gasteiger partial charge on any atom is -0.486 e. The summed E-state index contributed by atoms with van der Waals surface area (Å²) in [6, 6.07) is 3.68. The number of nitrogens with zero attached hydrogens (tertiary/aromatic N) is 1. The summed E-state index contributed by atoms with van der Waals surface area (Å²) >= 11 is 0. The van der Waals surface area contributed by atoms with Crippen LogP contribution in [0.1, 0.15) is 18.1 Å². The number of carbonyl (C=O) groups excluding carboxylic acids is 1. The number of anilines is 1. The number of benzene rings is 2. The fourth-order valence-electron chi connectivity index (χ4n) is 2.37. The van der Waals surface area contributed by atoms with E-state index in [9.17, 15) is 37.6 Å². The van der Waals surface area contributed by atoms with Crippen LogP contribution in [0.4, 0.5) is 28.9 Å². The molecule has 2 aromatic rings. The van der Waals surface area contributed by atoms with E-state index >= 15 is 0 Å². The molecule has 0 aliphatic rings. The van der Waals surface area contributed by atoms with Crippen molar-refractivity contribution in [3.05, 3.63) is 62.7 Å². The molecule has 2 N–H and O–H groups in total. The lowest BCUT2D eigenvalue weighted by molar-refractivity contribution is -0.385. The van der Waals surface area contributed by atoms with E-state index in [1.807, 2.05) is 0 Å². The van der Waals surface area contributed by atoms with Crippen molar-refractivity contribution in [2.75, 3.05) is 11.9 Å². The first-order chi connectivity index (χ1) is 13.4. The number of aliphatic hydroxyl groups is 1. The summed E-state index contributed by atoms with van der Waals surface area (Å²) in [6.45, 7) is 2.44. The van der Waals surface area contributed by atoms with Crippen molar-refractivity contribution in [1.82, 2.24) is 0 Å². The zero-order chi connectivity index (χ0) is 22.1. The van der Waals surface area contributed by atoms with Gasteiger partial charge in [-0.1, -0.05) is 0 Å². The molecule has 0 radical (unpaired) electrons. The Balaban J connectivity index is 2.17. The minimum atomic E-state index is -2.30. The van der Waals surface area contributed by atoms with Crippen molar-refractivity contribution < 1.29 is 37.1 Å². The first kappa shape index (κ1) is 22.1. The molecule has 0 saturated heterocycles. The molecular weight excluding hydrogens is 400 g/mol. The topological polar surface area (TPSA) is 102 Å². The molecule has 156 valence electrons. The first-order valence-corrected chi connectivity index (χ1v) is 8.11. The highest BCUT2D eigenvalue weighted by Gasteiger charge is 2.33. The van der Waals surface area contributed by atoms with Gasteiger partial charge in [0.25, 0.3) is 11.6 Å². The van der Waals surface area contributed by atoms with Crippen LogP contribution in [-0.2, 0) is 4.79 Å². The SMILES string of the molecule is Cc1cc(NC(=O)[C@](C)(O)COc2c(C)c(F)c(F)c(F)c2F)ccc1[N+](=O)[O-]. The summed E-state index contributed by atoms with van der Waals surface area (Å²) in [5.74, 6) is -9.58. The van der Waals surface area contributed by atoms with E-state index in [1.54, 1.807) is 0 Å². The van der Waals surface area contributed by atoms with Gasteiger partial charge in [-0.25, -0.2) is 13.2 Å². The van der Waals surface area contributed by atoms with Gasteiger partial charge in [0, 0.05) is 22.9 Å². The predicted molar refractivity (Wildman–Crippen MR) is 93.6 cm³/mol. The van der Waals surface area contributed by atoms with Gasteiger partial charge in [0.05, 0.1) is 4.92 Å². The maximum Gasteiger partial charge on any atom is 0.272 e. The van der Waals surface area contributed by atoms with Crippen LogP contribution in [0.3, 0.4) is 0 Å². The molecule has 0 aliphatic carbocycles. The number of halogens is 4. The Morgan fingerprint density at radius 2 is 1.76 bits per heavy atom. The standard InChI is InChI=1S/C18H16F4N2O5/c1-8-6-10(4-5-11(8)24(27)28)23-17(25)18(3,26)7-29-16-9(2)12(19)13(20)14(21)15(16)22/h4-6,26H,7H2,1-3H3,(H,23,25)/t18-/m1/s1. The van der Waals surface area contributed by atoms with Gasteiger partial charge in [0.2, 0.25) is 11.6 Å². The Labute approximate surface area is 162 Å². The average Bonchev–Trinajstić information content (AvgIpc) is 2.64. The highest BCUT2D eigenvalue weighted by Crippen LogP contribution is 2.30. The summed E-state index contributed by atoms with van der Waals surface area (Å²) < 4.78 is 58.8. The van der Waals surface area contributed by atoms with Gasteiger partial charge >= 0.3 is 0 Å². The third-order valence-corrected chi connectivity index (χ3v) is 4.09. The second-order valence-corrected chi connectivity index (χ2v) is 6.49. The first-order valence-electron chi connectivity index (χ1n) is 8.11. The molecule has 11 heteroatoms. The van der Waals surface area contributed by atoms with Crippen LogP contribution in [0.15, 0.2) is 18.2 Å². The maximum atomic E-state index is 13.8. The third-order valence-electron chi connectivity index (χ3n) is 4.09. The highest BCUT2D eigenvalue weighted by atomic mass is 19.2. The number of ether oxygens (including phenoxy) is 1. The molecule has 0 heterocycles. The molecule has 2 rings (SSSR count). The van der Waals surface area contributed by atoms with Crippen LogP contribution in [0, 0.1) is 47.2 Å². The highest BCUT2D eigenvalue weighted by molar-refractivity contribution is 5.97. The maximum absolute atomic E-state index is 13.8. The Hall–Kier alpha value is -3.21. The van der Waals surface area contributed by atoms with Gasteiger partial charge in [-0.05, 0) is 32.9 Å². The largest absolute Gasteiger partial charge is 0.486 e. The lowest BCUT2D eigenvalue weighted by Gasteiger charge is -2.23. The van der Waals surface area contributed by atoms with E-state index in [-0.39, 0.29) is 16.9 Å². The molecule has 1 atom stereocenters. The molecule has 29 heavy (non-hydrogen) atoms. The summed E-state index contributed by atoms with van der Waals surface area (Å²) in [5.41, 5.74) is -2.78. The number of nitrogens with one attached hydrogen (secondary N) is 1. The van der Waals surface area contributed by atoms with Crippen LogP contribution >= 0.6 is 0 Å². The summed E-state index contributed by atoms with van der Waals surface area (Å²) in [7, 11) is 0. The predicted octanol–water partition coefficient (Wildman–Crippen LogP) is 3.54. The zero-order valence-corrected chi connectivity index (χ0v) is 15.5. The minimum absolute atomic E-state index is 0.125. The Morgan fingerprint density at radius 1 is 1.17 bits per heavy atom. The van der Waals surface area contributed by atoms with Crippen molar-refractivity contribution in [3.8, 4) is 5.75 Å². The van der Waals surface area contributed by atoms with Crippen molar-refractivity contribution in [2.45, 2.75) is 26.4 Å². The van der Waals surface area contributed by atoms with Gasteiger partial charge in [0.15, 0.2) is 23.0 Å². The summed E-state index contributed by atoms with van der Waals surface area (Å²) in [6.07, 6.45) is 0. The van der Waals surface area contributed by atoms with Crippen LogP contribution in [0.25, 0.3) is 0 Å². The van der Waals surface area contributed by atoms with Gasteiger partial charge in [-0.2, -0.15) is 4.39 Å². The number of rotatable bonds is 6. The summed E-state index contributed by atoms with van der Waals surface area (Å²) in [4.78, 5) is 22.5. The molecule has 0 aliphatic heterocycles. The molecule has 0 aromatic heterocycles. The van der Waals surface area contributed by atoms with Crippen molar-refractivity contribution in [2.24, 2.45) is 0 Å².